The summed E-state index contributed by atoms with van der Waals surface area (Å²) in [5.74, 6) is 2.62. The van der Waals surface area contributed by atoms with E-state index in [0.717, 1.165) is 0 Å². The third-order valence-corrected chi connectivity index (χ3v) is 6.44. The van der Waals surface area contributed by atoms with Crippen molar-refractivity contribution in [3.8, 4) is 45.2 Å². The monoisotopic (exact) mass is 586 g/mol. The fourth-order valence-corrected chi connectivity index (χ4v) is 4.11. The molecular weight excluding hydrogens is 552 g/mol. The third kappa shape index (κ3) is 7.77. The molecule has 0 saturated heterocycles. The van der Waals surface area contributed by atoms with Gasteiger partial charge in [0.15, 0.2) is 16.6 Å². The molecule has 0 spiro atoms. The van der Waals surface area contributed by atoms with Gasteiger partial charge in [-0.3, -0.25) is 4.79 Å². The number of amides is 1. The van der Waals surface area contributed by atoms with Gasteiger partial charge in [-0.1, -0.05) is 16.5 Å². The van der Waals surface area contributed by atoms with Gasteiger partial charge in [0, 0.05) is 30.6 Å². The van der Waals surface area contributed by atoms with Crippen molar-refractivity contribution in [2.45, 2.75) is 26.4 Å². The van der Waals surface area contributed by atoms with Crippen LogP contribution >= 0.6 is 11.3 Å². The lowest BCUT2D eigenvalue weighted by Crippen LogP contribution is -2.15. The summed E-state index contributed by atoms with van der Waals surface area (Å²) in [7, 11) is 7.83. The minimum absolute atomic E-state index is 0.0417. The van der Waals surface area contributed by atoms with Gasteiger partial charge in [-0.05, 0) is 39.0 Å². The van der Waals surface area contributed by atoms with E-state index < -0.39 is 0 Å². The summed E-state index contributed by atoms with van der Waals surface area (Å²) in [6.45, 7) is 6.06. The Kier molecular flexibility index (Phi) is 10.3. The van der Waals surface area contributed by atoms with Gasteiger partial charge in [0.1, 0.15) is 16.4 Å². The van der Waals surface area contributed by atoms with E-state index in [1.54, 1.807) is 37.4 Å². The van der Waals surface area contributed by atoms with Crippen molar-refractivity contribution < 1.29 is 33.0 Å². The first kappa shape index (κ1) is 31.0. The van der Waals surface area contributed by atoms with Crippen molar-refractivity contribution in [2.75, 3.05) is 51.9 Å². The minimum atomic E-state index is 0.0417. The normalized spacial score (nSPS) is 10.7. The number of nitrogens with one attached hydrogen (secondary N) is 2. The Morgan fingerprint density at radius 3 is 2.07 bits per heavy atom. The number of nitrogens with zero attached hydrogens (tertiary/aromatic N) is 3. The molecule has 4 rings (SSSR count). The van der Waals surface area contributed by atoms with E-state index in [4.69, 9.17) is 33.9 Å². The molecule has 0 atom stereocenters. The van der Waals surface area contributed by atoms with Crippen LogP contribution in [-0.4, -0.2) is 62.7 Å². The number of benzene rings is 2. The molecular formula is C27H34N6O7S. The van der Waals surface area contributed by atoms with E-state index in [9.17, 15) is 4.79 Å². The van der Waals surface area contributed by atoms with Crippen molar-refractivity contribution >= 4 is 40.1 Å². The highest BCUT2D eigenvalue weighted by atomic mass is 32.1. The Labute approximate surface area is 241 Å². The van der Waals surface area contributed by atoms with Crippen LogP contribution in [0.15, 0.2) is 34.9 Å². The van der Waals surface area contributed by atoms with Crippen molar-refractivity contribution in [1.82, 2.24) is 15.1 Å². The highest BCUT2D eigenvalue weighted by Gasteiger charge is 2.21. The van der Waals surface area contributed by atoms with E-state index in [1.807, 2.05) is 20.8 Å². The van der Waals surface area contributed by atoms with E-state index in [0.29, 0.717) is 56.4 Å². The Morgan fingerprint density at radius 1 is 0.902 bits per heavy atom. The molecule has 41 heavy (non-hydrogen) atoms. The van der Waals surface area contributed by atoms with Crippen LogP contribution in [0.3, 0.4) is 0 Å². The molecule has 4 N–H and O–H groups in total. The zero-order chi connectivity index (χ0) is 30.2. The predicted octanol–water partition coefficient (Wildman–Crippen LogP) is 5.22. The highest BCUT2D eigenvalue weighted by Crippen LogP contribution is 2.42. The quantitative estimate of drug-likeness (QED) is 0.208. The molecule has 0 aliphatic carbocycles. The Morgan fingerprint density at radius 2 is 1.54 bits per heavy atom. The van der Waals surface area contributed by atoms with Crippen LogP contribution < -0.4 is 35.3 Å². The first-order chi connectivity index (χ1) is 19.6. The standard InChI is InChI=1S/C22H22N6O6S.C5H12O/c1-30-14-6-5-11(24-10-29)7-13(14)20-27-21(34-28-20)18-19(23)26-22(35-18)25-12-8-15(31-2)17(33-4)16(9-12)32-3;1-5(2,3)6-4/h5-10H,23H2,1-4H3,(H,24,29)(H,25,26);1-4H3. The number of ether oxygens (including phenoxy) is 5. The van der Waals surface area contributed by atoms with Gasteiger partial charge in [-0.2, -0.15) is 4.98 Å². The maximum Gasteiger partial charge on any atom is 0.272 e. The van der Waals surface area contributed by atoms with Crippen LogP contribution in [0.4, 0.5) is 22.3 Å². The number of thiazole rings is 1. The van der Waals surface area contributed by atoms with Gasteiger partial charge in [-0.25, -0.2) is 4.98 Å². The fraction of sp³-hybridized carbons (Fsp3) is 0.333. The van der Waals surface area contributed by atoms with Crippen LogP contribution in [0.25, 0.3) is 22.2 Å². The minimum Gasteiger partial charge on any atom is -0.496 e. The first-order valence-electron chi connectivity index (χ1n) is 12.2. The molecule has 2 heterocycles. The average molecular weight is 587 g/mol. The molecule has 13 nitrogen and oxygen atoms in total. The zero-order valence-electron chi connectivity index (χ0n) is 24.1. The van der Waals surface area contributed by atoms with Gasteiger partial charge in [0.25, 0.3) is 5.89 Å². The molecule has 4 aromatic rings. The first-order valence-corrected chi connectivity index (χ1v) is 13.0. The summed E-state index contributed by atoms with van der Waals surface area (Å²) in [6.07, 6.45) is 0.577. The summed E-state index contributed by atoms with van der Waals surface area (Å²) in [4.78, 5) is 20.1. The maximum absolute atomic E-state index is 10.8. The number of aromatic nitrogens is 3. The number of rotatable bonds is 10. The largest absolute Gasteiger partial charge is 0.496 e. The number of nitrogen functional groups attached to an aromatic ring is 1. The lowest BCUT2D eigenvalue weighted by Gasteiger charge is -2.14. The molecule has 0 radical (unpaired) electrons. The van der Waals surface area contributed by atoms with Crippen LogP contribution in [-0.2, 0) is 9.53 Å². The summed E-state index contributed by atoms with van der Waals surface area (Å²) in [5.41, 5.74) is 7.92. The number of carbonyl (C=O) groups is 1. The second-order valence-electron chi connectivity index (χ2n) is 9.19. The Hall–Kier alpha value is -4.56. The topological polar surface area (TPSA) is 165 Å². The zero-order valence-corrected chi connectivity index (χ0v) is 25.0. The molecule has 14 heteroatoms. The molecule has 1 amide bonds. The Bertz CT molecular complexity index is 1440. The van der Waals surface area contributed by atoms with Crippen molar-refractivity contribution in [1.29, 1.82) is 0 Å². The second-order valence-corrected chi connectivity index (χ2v) is 10.2. The SMILES string of the molecule is COC(C)(C)C.COc1ccc(NC=O)cc1-c1noc(-c2sc(Nc3cc(OC)c(OC)c(OC)c3)nc2N)n1. The second kappa shape index (κ2) is 13.7. The fourth-order valence-electron chi connectivity index (χ4n) is 3.28. The van der Waals surface area contributed by atoms with E-state index in [-0.39, 0.29) is 23.1 Å². The summed E-state index contributed by atoms with van der Waals surface area (Å²) >= 11 is 1.23. The molecule has 0 saturated carbocycles. The number of carbonyl (C=O) groups excluding carboxylic acids is 1. The van der Waals surface area contributed by atoms with Crippen LogP contribution in [0.1, 0.15) is 20.8 Å². The van der Waals surface area contributed by atoms with Crippen LogP contribution in [0, 0.1) is 0 Å². The maximum atomic E-state index is 10.8. The predicted molar refractivity (Wildman–Crippen MR) is 158 cm³/mol. The lowest BCUT2D eigenvalue weighted by atomic mass is 10.1. The number of nitrogens with two attached hydrogens (primary N) is 1. The number of hydrogen-bond acceptors (Lipinski definition) is 13. The average Bonchev–Trinajstić information content (AvgIpc) is 3.59. The molecule has 0 fully saturated rings. The van der Waals surface area contributed by atoms with Gasteiger partial charge < -0.3 is 44.6 Å². The molecule has 0 aliphatic rings. The van der Waals surface area contributed by atoms with Gasteiger partial charge >= 0.3 is 0 Å². The summed E-state index contributed by atoms with van der Waals surface area (Å²) in [6, 6.07) is 8.55. The van der Waals surface area contributed by atoms with Crippen LogP contribution in [0.2, 0.25) is 0 Å². The molecule has 0 bridgehead atoms. The molecule has 0 unspecified atom stereocenters. The van der Waals surface area contributed by atoms with Crippen molar-refractivity contribution in [3.05, 3.63) is 30.3 Å². The Balaban J connectivity index is 0.000000696. The third-order valence-electron chi connectivity index (χ3n) is 5.47. The molecule has 0 aliphatic heterocycles. The van der Waals surface area contributed by atoms with Gasteiger partial charge in [0.05, 0.1) is 39.6 Å². The van der Waals surface area contributed by atoms with Gasteiger partial charge in [-0.15, -0.1) is 0 Å². The molecule has 220 valence electrons. The number of methoxy groups -OCH3 is 5. The number of anilines is 4. The molecule has 2 aromatic carbocycles. The van der Waals surface area contributed by atoms with E-state index >= 15 is 0 Å². The van der Waals surface area contributed by atoms with Crippen molar-refractivity contribution in [2.24, 2.45) is 0 Å². The van der Waals surface area contributed by atoms with E-state index in [2.05, 4.69) is 25.8 Å². The highest BCUT2D eigenvalue weighted by molar-refractivity contribution is 7.19. The van der Waals surface area contributed by atoms with Gasteiger partial charge in [0.2, 0.25) is 18.0 Å². The summed E-state index contributed by atoms with van der Waals surface area (Å²) in [5, 5.41) is 10.3. The van der Waals surface area contributed by atoms with Crippen LogP contribution in [0.5, 0.6) is 23.0 Å². The number of hydrogen-bond donors (Lipinski definition) is 3. The van der Waals surface area contributed by atoms with Crippen molar-refractivity contribution in [3.63, 3.8) is 0 Å². The summed E-state index contributed by atoms with van der Waals surface area (Å²) < 4.78 is 31.9. The smallest absolute Gasteiger partial charge is 0.272 e. The van der Waals surface area contributed by atoms with E-state index in [1.165, 1.54) is 39.8 Å². The lowest BCUT2D eigenvalue weighted by molar-refractivity contribution is -0.105. The molecule has 2 aromatic heterocycles.